The maximum Gasteiger partial charge on any atom is 0.284 e. The number of aromatic amines is 1. The van der Waals surface area contributed by atoms with Crippen molar-refractivity contribution in [3.63, 3.8) is 0 Å². The lowest BCUT2D eigenvalue weighted by Crippen LogP contribution is -2.32. The summed E-state index contributed by atoms with van der Waals surface area (Å²) in [7, 11) is 0. The molecule has 0 saturated carbocycles. The molecule has 3 heterocycles. The Labute approximate surface area is 131 Å². The first-order valence-corrected chi connectivity index (χ1v) is 7.45. The highest BCUT2D eigenvalue weighted by molar-refractivity contribution is 6.20. The molecule has 1 aliphatic rings. The number of carbonyl (C=O) groups is 1. The van der Waals surface area contributed by atoms with Gasteiger partial charge in [0.05, 0.1) is 0 Å². The molecule has 0 unspecified atom stereocenters. The Hall–Kier alpha value is -3.01. The monoisotopic (exact) mass is 303 g/mol. The maximum atomic E-state index is 13.9. The molecule has 0 bridgehead atoms. The number of benzene rings is 2. The highest BCUT2D eigenvalue weighted by atomic mass is 19.1. The van der Waals surface area contributed by atoms with E-state index in [2.05, 4.69) is 4.98 Å². The first kappa shape index (κ1) is 12.5. The number of fused-ring (bicyclic) bond motifs is 7. The third kappa shape index (κ3) is 1.47. The number of H-pyrrole nitrogens is 1. The van der Waals surface area contributed by atoms with Crippen LogP contribution in [0.15, 0.2) is 48.7 Å². The highest BCUT2D eigenvalue weighted by Crippen LogP contribution is 2.31. The fourth-order valence-electron chi connectivity index (χ4n) is 3.47. The van der Waals surface area contributed by atoms with Crippen LogP contribution in [0.1, 0.15) is 21.6 Å². The third-order valence-corrected chi connectivity index (χ3v) is 4.61. The largest absolute Gasteiger partial charge is 0.349 e. The van der Waals surface area contributed by atoms with Crippen LogP contribution in [0.25, 0.3) is 27.5 Å². The average Bonchev–Trinajstić information content (AvgIpc) is 3.05. The molecule has 0 fully saturated rings. The molecule has 0 spiro atoms. The van der Waals surface area contributed by atoms with Crippen molar-refractivity contribution in [2.24, 2.45) is 0 Å². The van der Waals surface area contributed by atoms with Crippen LogP contribution in [-0.2, 0) is 0 Å². The van der Waals surface area contributed by atoms with Gasteiger partial charge < -0.3 is 4.98 Å². The van der Waals surface area contributed by atoms with Crippen molar-refractivity contribution in [3.05, 3.63) is 71.3 Å². The van der Waals surface area contributed by atoms with E-state index < -0.39 is 0 Å². The van der Waals surface area contributed by atoms with Gasteiger partial charge >= 0.3 is 0 Å². The van der Waals surface area contributed by atoms with Crippen LogP contribution in [0.4, 0.5) is 4.39 Å². The second kappa shape index (κ2) is 4.04. The van der Waals surface area contributed by atoms with Gasteiger partial charge in [0.1, 0.15) is 16.9 Å². The molecule has 110 valence electrons. The van der Waals surface area contributed by atoms with Crippen molar-refractivity contribution in [2.75, 3.05) is 0 Å². The standard InChI is InChI=1S/C19H11FN2O/c1-10-8-13-16(9-14(10)20)22-7-6-12-11-4-2-3-5-15(11)21-17(12)18(22)19(13)23/h2-9H,1H3/p+1. The van der Waals surface area contributed by atoms with Gasteiger partial charge in [-0.05, 0) is 24.6 Å². The van der Waals surface area contributed by atoms with Gasteiger partial charge in [0.2, 0.25) is 5.69 Å². The summed E-state index contributed by atoms with van der Waals surface area (Å²) < 4.78 is 15.7. The number of hydrogen-bond donors (Lipinski definition) is 1. The van der Waals surface area contributed by atoms with Crippen molar-refractivity contribution >= 4 is 27.6 Å². The molecule has 0 radical (unpaired) electrons. The van der Waals surface area contributed by atoms with Crippen LogP contribution in [-0.4, -0.2) is 10.8 Å². The van der Waals surface area contributed by atoms with Crippen molar-refractivity contribution in [1.29, 1.82) is 0 Å². The molecule has 1 N–H and O–H groups in total. The van der Waals surface area contributed by atoms with E-state index >= 15 is 0 Å². The van der Waals surface area contributed by atoms with Gasteiger partial charge in [-0.3, -0.25) is 4.79 Å². The maximum absolute atomic E-state index is 13.9. The number of nitrogens with one attached hydrogen (secondary N) is 1. The van der Waals surface area contributed by atoms with Gasteiger partial charge in [-0.15, -0.1) is 0 Å². The van der Waals surface area contributed by atoms with Crippen LogP contribution in [0, 0.1) is 12.7 Å². The summed E-state index contributed by atoms with van der Waals surface area (Å²) in [4.78, 5) is 16.2. The lowest BCUT2D eigenvalue weighted by atomic mass is 10.1. The highest BCUT2D eigenvalue weighted by Gasteiger charge is 2.39. The van der Waals surface area contributed by atoms with E-state index in [1.165, 1.54) is 6.07 Å². The van der Waals surface area contributed by atoms with E-state index in [4.69, 9.17) is 0 Å². The molecule has 5 rings (SSSR count). The van der Waals surface area contributed by atoms with E-state index in [0.717, 1.165) is 21.8 Å². The minimum absolute atomic E-state index is 0.0692. The summed E-state index contributed by atoms with van der Waals surface area (Å²) in [6.07, 6.45) is 1.84. The summed E-state index contributed by atoms with van der Waals surface area (Å²) in [6.45, 7) is 1.68. The zero-order chi connectivity index (χ0) is 15.7. The molecule has 23 heavy (non-hydrogen) atoms. The molecule has 0 saturated heterocycles. The first-order chi connectivity index (χ1) is 11.1. The Morgan fingerprint density at radius 1 is 1.09 bits per heavy atom. The molecule has 0 amide bonds. The second-order valence-electron chi connectivity index (χ2n) is 5.94. The summed E-state index contributed by atoms with van der Waals surface area (Å²) >= 11 is 0. The molecule has 0 aliphatic carbocycles. The normalized spacial score (nSPS) is 12.9. The quantitative estimate of drug-likeness (QED) is 0.436. The third-order valence-electron chi connectivity index (χ3n) is 4.61. The number of halogens is 1. The van der Waals surface area contributed by atoms with Crippen LogP contribution in [0.2, 0.25) is 0 Å². The number of pyridine rings is 1. The number of nitrogens with zero attached hydrogens (tertiary/aromatic N) is 1. The minimum Gasteiger partial charge on any atom is -0.349 e. The number of ketones is 1. The van der Waals surface area contributed by atoms with Gasteiger partial charge in [-0.25, -0.2) is 4.39 Å². The SMILES string of the molecule is Cc1cc2c(cc1F)-[n+]1ccc3c([nH]c4ccccc43)c1C2=O. The topological polar surface area (TPSA) is 36.7 Å². The zero-order valence-electron chi connectivity index (χ0n) is 12.4. The second-order valence-corrected chi connectivity index (χ2v) is 5.94. The van der Waals surface area contributed by atoms with Gasteiger partial charge in [0.25, 0.3) is 11.5 Å². The molecule has 4 heteroatoms. The molecule has 4 aromatic rings. The minimum atomic E-state index is -0.298. The Balaban J connectivity index is 1.93. The fraction of sp³-hybridized carbons (Fsp3) is 0.0526. The van der Waals surface area contributed by atoms with Crippen molar-refractivity contribution < 1.29 is 13.8 Å². The molecular weight excluding hydrogens is 291 g/mol. The van der Waals surface area contributed by atoms with Gasteiger partial charge in [0.15, 0.2) is 6.20 Å². The van der Waals surface area contributed by atoms with Crippen molar-refractivity contribution in [1.82, 2.24) is 4.98 Å². The first-order valence-electron chi connectivity index (χ1n) is 7.45. The number of carbonyl (C=O) groups excluding carboxylic acids is 1. The Kier molecular flexibility index (Phi) is 2.20. The predicted molar refractivity (Wildman–Crippen MR) is 85.5 cm³/mol. The van der Waals surface area contributed by atoms with E-state index in [0.29, 0.717) is 22.5 Å². The fourth-order valence-corrected chi connectivity index (χ4v) is 3.47. The lowest BCUT2D eigenvalue weighted by Gasteiger charge is -1.97. The lowest BCUT2D eigenvalue weighted by molar-refractivity contribution is -0.592. The average molecular weight is 303 g/mol. The van der Waals surface area contributed by atoms with Gasteiger partial charge in [-0.2, -0.15) is 4.57 Å². The van der Waals surface area contributed by atoms with Crippen LogP contribution in [0.5, 0.6) is 0 Å². The molecule has 2 aromatic carbocycles. The molecule has 3 nitrogen and oxygen atoms in total. The number of aromatic nitrogens is 2. The van der Waals surface area contributed by atoms with E-state index in [9.17, 15) is 9.18 Å². The molecule has 1 aliphatic heterocycles. The number of hydrogen-bond acceptors (Lipinski definition) is 1. The molecule has 2 aromatic heterocycles. The Bertz CT molecular complexity index is 1160. The van der Waals surface area contributed by atoms with E-state index in [1.54, 1.807) is 17.6 Å². The predicted octanol–water partition coefficient (Wildman–Crippen LogP) is 3.59. The van der Waals surface area contributed by atoms with Crippen LogP contribution >= 0.6 is 0 Å². The molecular formula is C19H12FN2O+. The van der Waals surface area contributed by atoms with Gasteiger partial charge in [0, 0.05) is 28.4 Å². The van der Waals surface area contributed by atoms with Crippen molar-refractivity contribution in [3.8, 4) is 5.69 Å². The Morgan fingerprint density at radius 2 is 1.91 bits per heavy atom. The van der Waals surface area contributed by atoms with Crippen LogP contribution in [0.3, 0.4) is 0 Å². The van der Waals surface area contributed by atoms with E-state index in [-0.39, 0.29) is 11.6 Å². The zero-order valence-corrected chi connectivity index (χ0v) is 12.4. The summed E-state index contributed by atoms with van der Waals surface area (Å²) in [6, 6.07) is 13.0. The van der Waals surface area contributed by atoms with Crippen molar-refractivity contribution in [2.45, 2.75) is 6.92 Å². The summed E-state index contributed by atoms with van der Waals surface area (Å²) in [5.41, 5.74) is 4.00. The number of rotatable bonds is 0. The smallest absolute Gasteiger partial charge is 0.284 e. The number of para-hydroxylation sites is 1. The number of aryl methyl sites for hydroxylation is 1. The van der Waals surface area contributed by atoms with Crippen LogP contribution < -0.4 is 4.57 Å². The Morgan fingerprint density at radius 3 is 2.78 bits per heavy atom. The summed E-state index contributed by atoms with van der Waals surface area (Å²) in [5.74, 6) is -0.367. The molecule has 0 atom stereocenters. The summed E-state index contributed by atoms with van der Waals surface area (Å²) in [5, 5.41) is 2.09. The van der Waals surface area contributed by atoms with E-state index in [1.807, 2.05) is 36.5 Å². The van der Waals surface area contributed by atoms with Gasteiger partial charge in [-0.1, -0.05) is 18.2 Å².